The Hall–Kier alpha value is -3.06. The quantitative estimate of drug-likeness (QED) is 0.333. The van der Waals surface area contributed by atoms with Crippen LogP contribution in [0, 0.1) is 0 Å². The molecule has 1 amide bonds. The van der Waals surface area contributed by atoms with Crippen molar-refractivity contribution in [2.75, 3.05) is 18.5 Å². The van der Waals surface area contributed by atoms with Crippen LogP contribution in [-0.4, -0.2) is 46.3 Å². The van der Waals surface area contributed by atoms with Crippen LogP contribution in [0.25, 0.3) is 16.5 Å². The standard InChI is InChI=1S/C27H29BrN2O4/c1-17(2)34-26(32)21-15-30(25(31)18-8-7-9-19(14-18)33-13-12-28)16-27(3,4)23-20-10-5-6-11-22(20)29-24(21)23/h5-11,14-15,17,29H,12-13,16H2,1-4H3. The summed E-state index contributed by atoms with van der Waals surface area (Å²) in [6.45, 7) is 8.70. The number of esters is 1. The van der Waals surface area contributed by atoms with Crippen LogP contribution < -0.4 is 4.74 Å². The van der Waals surface area contributed by atoms with Gasteiger partial charge in [-0.2, -0.15) is 0 Å². The maximum Gasteiger partial charge on any atom is 0.342 e. The van der Waals surface area contributed by atoms with Gasteiger partial charge in [0.05, 0.1) is 24.0 Å². The van der Waals surface area contributed by atoms with Gasteiger partial charge in [0.2, 0.25) is 0 Å². The Kier molecular flexibility index (Phi) is 6.84. The molecule has 0 spiro atoms. The molecule has 0 fully saturated rings. The normalized spacial score (nSPS) is 15.0. The van der Waals surface area contributed by atoms with Crippen LogP contribution in [0.4, 0.5) is 0 Å². The number of nitrogens with zero attached hydrogens (tertiary/aromatic N) is 1. The van der Waals surface area contributed by atoms with Crippen LogP contribution in [0.2, 0.25) is 0 Å². The van der Waals surface area contributed by atoms with E-state index in [1.54, 1.807) is 29.3 Å². The van der Waals surface area contributed by atoms with E-state index in [-0.39, 0.29) is 12.0 Å². The minimum atomic E-state index is -0.465. The van der Waals surface area contributed by atoms with Gasteiger partial charge in [0.15, 0.2) is 0 Å². The number of ether oxygens (including phenoxy) is 2. The van der Waals surface area contributed by atoms with Crippen molar-refractivity contribution in [2.45, 2.75) is 39.2 Å². The van der Waals surface area contributed by atoms with Gasteiger partial charge in [-0.15, -0.1) is 0 Å². The maximum atomic E-state index is 13.6. The van der Waals surface area contributed by atoms with Gasteiger partial charge in [0, 0.05) is 40.0 Å². The summed E-state index contributed by atoms with van der Waals surface area (Å²) in [4.78, 5) is 31.9. The molecular weight excluding hydrogens is 496 g/mol. The highest BCUT2D eigenvalue weighted by molar-refractivity contribution is 9.09. The van der Waals surface area contributed by atoms with Crippen LogP contribution in [0.15, 0.2) is 54.7 Å². The minimum absolute atomic E-state index is 0.207. The number of aromatic nitrogens is 1. The van der Waals surface area contributed by atoms with Gasteiger partial charge in [-0.1, -0.05) is 54.0 Å². The van der Waals surface area contributed by atoms with E-state index in [0.717, 1.165) is 16.5 Å². The number of amides is 1. The molecule has 2 heterocycles. The third kappa shape index (κ3) is 4.75. The number of rotatable bonds is 6. The Morgan fingerprint density at radius 2 is 1.91 bits per heavy atom. The number of carbonyl (C=O) groups is 2. The zero-order chi connectivity index (χ0) is 24.5. The van der Waals surface area contributed by atoms with E-state index in [1.807, 2.05) is 44.2 Å². The SMILES string of the molecule is CC(C)OC(=O)C1=CN(C(=O)c2cccc(OCCBr)c2)CC(C)(C)c2c1[nH]c1ccccc21. The largest absolute Gasteiger partial charge is 0.493 e. The summed E-state index contributed by atoms with van der Waals surface area (Å²) in [5, 5.41) is 1.73. The van der Waals surface area contributed by atoms with Crippen LogP contribution in [0.1, 0.15) is 49.3 Å². The number of nitrogens with one attached hydrogen (secondary N) is 1. The van der Waals surface area contributed by atoms with E-state index >= 15 is 0 Å². The molecule has 0 bridgehead atoms. The first-order valence-electron chi connectivity index (χ1n) is 11.4. The summed E-state index contributed by atoms with van der Waals surface area (Å²) in [7, 11) is 0. The molecule has 4 rings (SSSR count). The molecule has 6 nitrogen and oxygen atoms in total. The fraction of sp³-hybridized carbons (Fsp3) is 0.333. The van der Waals surface area contributed by atoms with Gasteiger partial charge in [-0.05, 0) is 43.7 Å². The number of alkyl halides is 1. The number of hydrogen-bond acceptors (Lipinski definition) is 4. The van der Waals surface area contributed by atoms with Crippen molar-refractivity contribution in [3.63, 3.8) is 0 Å². The summed E-state index contributed by atoms with van der Waals surface area (Å²) < 4.78 is 11.3. The number of carbonyl (C=O) groups excluding carboxylic acids is 2. The summed E-state index contributed by atoms with van der Waals surface area (Å²) in [5.41, 5.74) is 3.03. The van der Waals surface area contributed by atoms with Crippen molar-refractivity contribution >= 4 is 44.3 Å². The molecule has 178 valence electrons. The highest BCUT2D eigenvalue weighted by Crippen LogP contribution is 2.40. The summed E-state index contributed by atoms with van der Waals surface area (Å²) in [5.74, 6) is -0.0478. The molecule has 1 N–H and O–H groups in total. The van der Waals surface area contributed by atoms with Crippen molar-refractivity contribution in [1.29, 1.82) is 0 Å². The Morgan fingerprint density at radius 3 is 2.65 bits per heavy atom. The van der Waals surface area contributed by atoms with E-state index in [4.69, 9.17) is 9.47 Å². The predicted molar refractivity (Wildman–Crippen MR) is 137 cm³/mol. The minimum Gasteiger partial charge on any atom is -0.493 e. The molecule has 0 aliphatic carbocycles. The third-order valence-electron chi connectivity index (χ3n) is 5.75. The Morgan fingerprint density at radius 1 is 1.15 bits per heavy atom. The van der Waals surface area contributed by atoms with Gasteiger partial charge in [0.25, 0.3) is 5.91 Å². The molecule has 1 aliphatic rings. The van der Waals surface area contributed by atoms with Crippen molar-refractivity contribution in [2.24, 2.45) is 0 Å². The first-order valence-corrected chi connectivity index (χ1v) is 12.5. The van der Waals surface area contributed by atoms with Gasteiger partial charge in [-0.3, -0.25) is 4.79 Å². The smallest absolute Gasteiger partial charge is 0.342 e. The second-order valence-corrected chi connectivity index (χ2v) is 10.1. The topological polar surface area (TPSA) is 71.6 Å². The lowest BCUT2D eigenvalue weighted by Gasteiger charge is -2.29. The molecule has 0 saturated heterocycles. The number of hydrogen-bond donors (Lipinski definition) is 1. The number of aromatic amines is 1. The molecule has 0 unspecified atom stereocenters. The predicted octanol–water partition coefficient (Wildman–Crippen LogP) is 5.67. The number of para-hydroxylation sites is 1. The first kappa shape index (κ1) is 24.1. The molecular formula is C27H29BrN2O4. The molecule has 1 aliphatic heterocycles. The van der Waals surface area contributed by atoms with Crippen LogP contribution in [0.3, 0.4) is 0 Å². The molecule has 1 aromatic heterocycles. The lowest BCUT2D eigenvalue weighted by atomic mass is 9.81. The van der Waals surface area contributed by atoms with Gasteiger partial charge < -0.3 is 19.4 Å². The van der Waals surface area contributed by atoms with E-state index in [2.05, 4.69) is 34.8 Å². The van der Waals surface area contributed by atoms with Gasteiger partial charge >= 0.3 is 5.97 Å². The average Bonchev–Trinajstić information content (AvgIpc) is 3.14. The van der Waals surface area contributed by atoms with Crippen molar-refractivity contribution in [1.82, 2.24) is 9.88 Å². The average molecular weight is 525 g/mol. The molecule has 0 saturated carbocycles. The van der Waals surface area contributed by atoms with Crippen LogP contribution >= 0.6 is 15.9 Å². The molecule has 34 heavy (non-hydrogen) atoms. The highest BCUT2D eigenvalue weighted by Gasteiger charge is 2.37. The van der Waals surface area contributed by atoms with Crippen LogP contribution in [-0.2, 0) is 14.9 Å². The molecule has 0 radical (unpaired) electrons. The van der Waals surface area contributed by atoms with Crippen molar-refractivity contribution in [3.05, 3.63) is 71.6 Å². The van der Waals surface area contributed by atoms with Gasteiger partial charge in [0.1, 0.15) is 5.75 Å². The zero-order valence-corrected chi connectivity index (χ0v) is 21.4. The number of benzene rings is 2. The lowest BCUT2D eigenvalue weighted by molar-refractivity contribution is -0.140. The van der Waals surface area contributed by atoms with Crippen molar-refractivity contribution in [3.8, 4) is 5.75 Å². The highest BCUT2D eigenvalue weighted by atomic mass is 79.9. The fourth-order valence-corrected chi connectivity index (χ4v) is 4.58. The van der Waals surface area contributed by atoms with E-state index in [9.17, 15) is 9.59 Å². The first-order chi connectivity index (χ1) is 16.2. The van der Waals surface area contributed by atoms with Gasteiger partial charge in [-0.25, -0.2) is 4.79 Å². The molecule has 7 heteroatoms. The second-order valence-electron chi connectivity index (χ2n) is 9.30. The molecule has 0 atom stereocenters. The second kappa shape index (κ2) is 9.66. The molecule has 3 aromatic rings. The van der Waals surface area contributed by atoms with Crippen molar-refractivity contribution < 1.29 is 19.1 Å². The number of H-pyrrole nitrogens is 1. The fourth-order valence-electron chi connectivity index (χ4n) is 4.42. The van der Waals surface area contributed by atoms with Crippen LogP contribution in [0.5, 0.6) is 5.75 Å². The van der Waals surface area contributed by atoms with E-state index in [0.29, 0.717) is 41.1 Å². The number of fused-ring (bicyclic) bond motifs is 3. The Bertz CT molecular complexity index is 1260. The third-order valence-corrected chi connectivity index (χ3v) is 6.08. The Balaban J connectivity index is 1.82. The summed E-state index contributed by atoms with van der Waals surface area (Å²) >= 11 is 3.35. The molecule has 2 aromatic carbocycles. The van der Waals surface area contributed by atoms with E-state index < -0.39 is 11.4 Å². The maximum absolute atomic E-state index is 13.6. The van der Waals surface area contributed by atoms with E-state index in [1.165, 1.54) is 0 Å². The summed E-state index contributed by atoms with van der Waals surface area (Å²) in [6.07, 6.45) is 1.34. The summed E-state index contributed by atoms with van der Waals surface area (Å²) in [6, 6.07) is 15.1. The Labute approximate surface area is 208 Å². The monoisotopic (exact) mass is 524 g/mol. The lowest BCUT2D eigenvalue weighted by Crippen LogP contribution is -2.37. The zero-order valence-electron chi connectivity index (χ0n) is 19.9. The number of halogens is 1.